The van der Waals surface area contributed by atoms with Gasteiger partial charge in [-0.15, -0.1) is 0 Å². The summed E-state index contributed by atoms with van der Waals surface area (Å²) in [5, 5.41) is 12.7. The van der Waals surface area contributed by atoms with E-state index < -0.39 is 5.60 Å². The molecule has 5 nitrogen and oxygen atoms in total. The van der Waals surface area contributed by atoms with E-state index in [0.717, 1.165) is 12.8 Å². The first-order valence-corrected chi connectivity index (χ1v) is 6.77. The van der Waals surface area contributed by atoms with Crippen LogP contribution < -0.4 is 5.32 Å². The molecule has 1 amide bonds. The Balaban J connectivity index is 2.06. The number of piperazine rings is 1. The lowest BCUT2D eigenvalue weighted by Crippen LogP contribution is -2.60. The van der Waals surface area contributed by atoms with E-state index in [1.165, 1.54) is 0 Å². The maximum Gasteiger partial charge on any atom is 0.410 e. The summed E-state index contributed by atoms with van der Waals surface area (Å²) in [4.78, 5) is 14.0. The van der Waals surface area contributed by atoms with Gasteiger partial charge in [0.25, 0.3) is 0 Å². The lowest BCUT2D eigenvalue weighted by Gasteiger charge is -2.41. The van der Waals surface area contributed by atoms with Crippen LogP contribution in [0.1, 0.15) is 40.0 Å². The Labute approximate surface area is 108 Å². The molecule has 2 aliphatic heterocycles. The summed E-state index contributed by atoms with van der Waals surface area (Å²) < 4.78 is 5.46. The number of amides is 1. The molecule has 0 aromatic carbocycles. The van der Waals surface area contributed by atoms with Crippen LogP contribution in [0.15, 0.2) is 0 Å². The van der Waals surface area contributed by atoms with Crippen LogP contribution >= 0.6 is 0 Å². The molecule has 3 atom stereocenters. The van der Waals surface area contributed by atoms with E-state index in [2.05, 4.69) is 5.32 Å². The molecule has 0 aromatic heterocycles. The van der Waals surface area contributed by atoms with Gasteiger partial charge in [0.2, 0.25) is 0 Å². The van der Waals surface area contributed by atoms with Crippen LogP contribution in [0.3, 0.4) is 0 Å². The normalized spacial score (nSPS) is 31.6. The second-order valence-corrected chi connectivity index (χ2v) is 6.26. The van der Waals surface area contributed by atoms with E-state index in [9.17, 15) is 9.90 Å². The molecule has 18 heavy (non-hydrogen) atoms. The van der Waals surface area contributed by atoms with E-state index >= 15 is 0 Å². The fourth-order valence-corrected chi connectivity index (χ4v) is 2.91. The third-order valence-corrected chi connectivity index (χ3v) is 3.61. The number of likely N-dealkylation sites (tertiary alicyclic amines) is 1. The van der Waals surface area contributed by atoms with E-state index in [1.807, 2.05) is 20.8 Å². The van der Waals surface area contributed by atoms with Gasteiger partial charge in [-0.05, 0) is 40.0 Å². The first kappa shape index (κ1) is 13.6. The Hall–Kier alpha value is -0.810. The van der Waals surface area contributed by atoms with Gasteiger partial charge in [0.05, 0.1) is 6.04 Å². The molecule has 2 saturated heterocycles. The summed E-state index contributed by atoms with van der Waals surface area (Å²) in [7, 11) is 0. The van der Waals surface area contributed by atoms with Crippen LogP contribution in [0.25, 0.3) is 0 Å². The van der Waals surface area contributed by atoms with Crippen LogP contribution in [0.4, 0.5) is 4.79 Å². The molecule has 2 heterocycles. The zero-order chi connectivity index (χ0) is 13.3. The number of hydrogen-bond donors (Lipinski definition) is 2. The van der Waals surface area contributed by atoms with E-state index in [1.54, 1.807) is 4.90 Å². The maximum absolute atomic E-state index is 12.2. The molecule has 3 unspecified atom stereocenters. The summed E-state index contributed by atoms with van der Waals surface area (Å²) in [6, 6.07) is 0.754. The number of ether oxygens (including phenoxy) is 1. The van der Waals surface area contributed by atoms with Crippen LogP contribution in [0.5, 0.6) is 0 Å². The summed E-state index contributed by atoms with van der Waals surface area (Å²) in [6.07, 6.45) is 2.55. The minimum absolute atomic E-state index is 0.0589. The quantitative estimate of drug-likeness (QED) is 0.777. The average Bonchev–Trinajstić information content (AvgIpc) is 2.63. The molecule has 2 rings (SSSR count). The van der Waals surface area contributed by atoms with Crippen LogP contribution in [-0.2, 0) is 4.74 Å². The van der Waals surface area contributed by atoms with Crippen molar-refractivity contribution in [2.45, 2.75) is 63.8 Å². The van der Waals surface area contributed by atoms with E-state index in [4.69, 9.17) is 4.74 Å². The number of aliphatic hydroxyl groups is 1. The van der Waals surface area contributed by atoms with Crippen LogP contribution in [0.2, 0.25) is 0 Å². The zero-order valence-corrected chi connectivity index (χ0v) is 11.5. The standard InChI is InChI=1S/C13H24N2O3/c1-13(2,3)18-12(17)15-8-9-4-5-10(14-9)11(15)6-7-16/h9-11,14,16H,4-8H2,1-3H3. The summed E-state index contributed by atoms with van der Waals surface area (Å²) in [5.41, 5.74) is -0.467. The van der Waals surface area contributed by atoms with Gasteiger partial charge in [0, 0.05) is 25.2 Å². The number of nitrogens with one attached hydrogen (secondary N) is 1. The van der Waals surface area contributed by atoms with Crippen molar-refractivity contribution in [2.75, 3.05) is 13.2 Å². The van der Waals surface area contributed by atoms with Crippen molar-refractivity contribution in [3.8, 4) is 0 Å². The topological polar surface area (TPSA) is 61.8 Å². The van der Waals surface area contributed by atoms with Crippen LogP contribution in [-0.4, -0.2) is 53.0 Å². The van der Waals surface area contributed by atoms with Crippen molar-refractivity contribution >= 4 is 6.09 Å². The molecule has 0 saturated carbocycles. The summed E-state index contributed by atoms with van der Waals surface area (Å²) in [5.74, 6) is 0. The number of fused-ring (bicyclic) bond motifs is 2. The van der Waals surface area contributed by atoms with Crippen molar-refractivity contribution in [1.82, 2.24) is 10.2 Å². The molecular weight excluding hydrogens is 232 g/mol. The fraction of sp³-hybridized carbons (Fsp3) is 0.923. The van der Waals surface area contributed by atoms with Gasteiger partial charge in [-0.2, -0.15) is 0 Å². The number of rotatable bonds is 2. The first-order valence-electron chi connectivity index (χ1n) is 6.77. The lowest BCUT2D eigenvalue weighted by atomic mass is 10.0. The number of aliphatic hydroxyl groups excluding tert-OH is 1. The predicted octanol–water partition coefficient (Wildman–Crippen LogP) is 1.11. The third kappa shape index (κ3) is 2.95. The smallest absolute Gasteiger partial charge is 0.410 e. The molecular formula is C13H24N2O3. The molecule has 2 bridgehead atoms. The molecule has 2 fully saturated rings. The first-order chi connectivity index (χ1) is 8.40. The van der Waals surface area contributed by atoms with Gasteiger partial charge in [-0.25, -0.2) is 4.79 Å². The van der Waals surface area contributed by atoms with Gasteiger partial charge in [0.1, 0.15) is 5.60 Å². The average molecular weight is 256 g/mol. The molecule has 2 N–H and O–H groups in total. The van der Waals surface area contributed by atoms with Crippen molar-refractivity contribution in [2.24, 2.45) is 0 Å². The monoisotopic (exact) mass is 256 g/mol. The molecule has 0 radical (unpaired) electrons. The number of nitrogens with zero attached hydrogens (tertiary/aromatic N) is 1. The highest BCUT2D eigenvalue weighted by atomic mass is 16.6. The number of carbonyl (C=O) groups excluding carboxylic acids is 1. The van der Waals surface area contributed by atoms with Gasteiger partial charge in [-0.1, -0.05) is 0 Å². The van der Waals surface area contributed by atoms with Gasteiger partial charge in [-0.3, -0.25) is 0 Å². The second kappa shape index (κ2) is 5.05. The van der Waals surface area contributed by atoms with Gasteiger partial charge >= 0.3 is 6.09 Å². The highest BCUT2D eigenvalue weighted by molar-refractivity contribution is 5.69. The van der Waals surface area contributed by atoms with Gasteiger partial charge < -0.3 is 20.1 Å². The lowest BCUT2D eigenvalue weighted by molar-refractivity contribution is 0.00221. The molecule has 104 valence electrons. The highest BCUT2D eigenvalue weighted by Gasteiger charge is 2.42. The minimum atomic E-state index is -0.467. The van der Waals surface area contributed by atoms with E-state index in [-0.39, 0.29) is 18.7 Å². The Bertz CT molecular complexity index is 314. The summed E-state index contributed by atoms with van der Waals surface area (Å²) in [6.45, 7) is 6.43. The highest BCUT2D eigenvalue weighted by Crippen LogP contribution is 2.28. The van der Waals surface area contributed by atoms with Crippen molar-refractivity contribution in [1.29, 1.82) is 0 Å². The molecule has 0 spiro atoms. The maximum atomic E-state index is 12.2. The van der Waals surface area contributed by atoms with Crippen molar-refractivity contribution < 1.29 is 14.6 Å². The largest absolute Gasteiger partial charge is 0.444 e. The Morgan fingerprint density at radius 2 is 2.17 bits per heavy atom. The Morgan fingerprint density at radius 3 is 2.78 bits per heavy atom. The third-order valence-electron chi connectivity index (χ3n) is 3.61. The van der Waals surface area contributed by atoms with Crippen molar-refractivity contribution in [3.63, 3.8) is 0 Å². The Morgan fingerprint density at radius 1 is 1.44 bits per heavy atom. The van der Waals surface area contributed by atoms with Crippen LogP contribution in [0, 0.1) is 0 Å². The fourth-order valence-electron chi connectivity index (χ4n) is 2.91. The second-order valence-electron chi connectivity index (χ2n) is 6.26. The zero-order valence-electron chi connectivity index (χ0n) is 11.5. The SMILES string of the molecule is CC(C)(C)OC(=O)N1CC2CCC(N2)C1CCO. The number of carbonyl (C=O) groups is 1. The predicted molar refractivity (Wildman–Crippen MR) is 68.4 cm³/mol. The number of hydrogen-bond acceptors (Lipinski definition) is 4. The molecule has 0 aliphatic carbocycles. The minimum Gasteiger partial charge on any atom is -0.444 e. The van der Waals surface area contributed by atoms with Crippen molar-refractivity contribution in [3.05, 3.63) is 0 Å². The molecule has 0 aromatic rings. The van der Waals surface area contributed by atoms with Gasteiger partial charge in [0.15, 0.2) is 0 Å². The summed E-state index contributed by atoms with van der Waals surface area (Å²) >= 11 is 0. The Kier molecular flexibility index (Phi) is 3.82. The molecule has 2 aliphatic rings. The molecule has 5 heteroatoms. The van der Waals surface area contributed by atoms with E-state index in [0.29, 0.717) is 25.0 Å².